The van der Waals surface area contributed by atoms with Gasteiger partial charge < -0.3 is 9.88 Å². The van der Waals surface area contributed by atoms with Crippen LogP contribution in [0.15, 0.2) is 12.4 Å². The molecule has 2 aromatic heterocycles. The Kier molecular flexibility index (Phi) is 3.29. The number of amides is 1. The molecule has 19 heavy (non-hydrogen) atoms. The molecule has 6 nitrogen and oxygen atoms in total. The van der Waals surface area contributed by atoms with Crippen LogP contribution < -0.4 is 0 Å². The van der Waals surface area contributed by atoms with E-state index >= 15 is 0 Å². The number of aromatic nitrogens is 4. The predicted octanol–water partition coefficient (Wildman–Crippen LogP) is 1.59. The van der Waals surface area contributed by atoms with Gasteiger partial charge >= 0.3 is 0 Å². The highest BCUT2D eigenvalue weighted by atomic mass is 32.1. The van der Waals surface area contributed by atoms with Gasteiger partial charge in [0.15, 0.2) is 0 Å². The minimum atomic E-state index is 0.0451. The lowest BCUT2D eigenvalue weighted by molar-refractivity contribution is 0.0709. The third-order valence-corrected chi connectivity index (χ3v) is 4.28. The van der Waals surface area contributed by atoms with Gasteiger partial charge in [-0.25, -0.2) is 4.98 Å². The smallest absolute Gasteiger partial charge is 0.267 e. The number of imidazole rings is 1. The number of piperidine rings is 1. The van der Waals surface area contributed by atoms with Crippen LogP contribution in [0, 0.1) is 6.92 Å². The van der Waals surface area contributed by atoms with E-state index in [1.54, 1.807) is 6.20 Å². The average molecular weight is 277 g/mol. The fourth-order valence-corrected chi connectivity index (χ4v) is 3.08. The van der Waals surface area contributed by atoms with Crippen molar-refractivity contribution in [3.05, 3.63) is 28.8 Å². The lowest BCUT2D eigenvalue weighted by Crippen LogP contribution is -2.39. The molecule has 1 aliphatic rings. The summed E-state index contributed by atoms with van der Waals surface area (Å²) in [5.74, 6) is 1.31. The molecule has 1 atom stereocenters. The van der Waals surface area contributed by atoms with Gasteiger partial charge in [0.2, 0.25) is 0 Å². The first kappa shape index (κ1) is 12.3. The molecular formula is C12H15N5OS. The van der Waals surface area contributed by atoms with Crippen LogP contribution in [0.3, 0.4) is 0 Å². The van der Waals surface area contributed by atoms with E-state index in [0.717, 1.165) is 30.9 Å². The molecule has 1 amide bonds. The van der Waals surface area contributed by atoms with Crippen molar-refractivity contribution in [3.8, 4) is 0 Å². The maximum Gasteiger partial charge on any atom is 0.267 e. The second-order valence-corrected chi connectivity index (χ2v) is 5.51. The van der Waals surface area contributed by atoms with Crippen LogP contribution in [0.4, 0.5) is 0 Å². The van der Waals surface area contributed by atoms with Gasteiger partial charge in [-0.15, -0.1) is 5.10 Å². The van der Waals surface area contributed by atoms with Crippen LogP contribution in [0.25, 0.3) is 0 Å². The van der Waals surface area contributed by atoms with Gasteiger partial charge in [-0.05, 0) is 31.3 Å². The molecule has 1 fully saturated rings. The molecule has 1 saturated heterocycles. The van der Waals surface area contributed by atoms with E-state index < -0.39 is 0 Å². The monoisotopic (exact) mass is 277 g/mol. The van der Waals surface area contributed by atoms with Crippen LogP contribution in [0.1, 0.15) is 39.9 Å². The van der Waals surface area contributed by atoms with Gasteiger partial charge in [0.1, 0.15) is 10.7 Å². The van der Waals surface area contributed by atoms with Gasteiger partial charge in [0.25, 0.3) is 5.91 Å². The van der Waals surface area contributed by atoms with Crippen molar-refractivity contribution in [2.24, 2.45) is 0 Å². The first-order valence-electron chi connectivity index (χ1n) is 6.33. The number of nitrogens with zero attached hydrogens (tertiary/aromatic N) is 4. The van der Waals surface area contributed by atoms with Crippen molar-refractivity contribution >= 4 is 17.4 Å². The molecule has 3 heterocycles. The summed E-state index contributed by atoms with van der Waals surface area (Å²) in [5.41, 5.74) is 0.718. The molecule has 1 aliphatic heterocycles. The maximum atomic E-state index is 12.4. The number of aryl methyl sites for hydroxylation is 1. The second-order valence-electron chi connectivity index (χ2n) is 4.75. The highest BCUT2D eigenvalue weighted by molar-refractivity contribution is 7.07. The molecule has 0 bridgehead atoms. The minimum absolute atomic E-state index is 0.0451. The molecule has 7 heteroatoms. The van der Waals surface area contributed by atoms with E-state index in [1.165, 1.54) is 11.5 Å². The molecule has 0 unspecified atom stereocenters. The summed E-state index contributed by atoms with van der Waals surface area (Å²) in [6.07, 6.45) is 5.65. The maximum absolute atomic E-state index is 12.4. The SMILES string of the molecule is Cc1nnsc1C(=O)N1CCC[C@@H](c2ncc[nH]2)C1. The van der Waals surface area contributed by atoms with Gasteiger partial charge in [0.05, 0.1) is 5.69 Å². The van der Waals surface area contributed by atoms with Gasteiger partial charge in [-0.1, -0.05) is 4.49 Å². The van der Waals surface area contributed by atoms with Crippen LogP contribution in [0.5, 0.6) is 0 Å². The summed E-state index contributed by atoms with van der Waals surface area (Å²) in [6, 6.07) is 0. The number of H-pyrrole nitrogens is 1. The minimum Gasteiger partial charge on any atom is -0.348 e. The number of rotatable bonds is 2. The number of hydrogen-bond donors (Lipinski definition) is 1. The Morgan fingerprint density at radius 1 is 1.58 bits per heavy atom. The van der Waals surface area contributed by atoms with Crippen molar-refractivity contribution < 1.29 is 4.79 Å². The van der Waals surface area contributed by atoms with Crippen molar-refractivity contribution in [2.45, 2.75) is 25.7 Å². The zero-order valence-electron chi connectivity index (χ0n) is 10.7. The Bertz CT molecular complexity index is 564. The number of likely N-dealkylation sites (tertiary alicyclic amines) is 1. The summed E-state index contributed by atoms with van der Waals surface area (Å²) in [5, 5.41) is 3.90. The lowest BCUT2D eigenvalue weighted by atomic mass is 9.97. The molecule has 0 aliphatic carbocycles. The van der Waals surface area contributed by atoms with Crippen LogP contribution in [-0.2, 0) is 0 Å². The number of hydrogen-bond acceptors (Lipinski definition) is 5. The quantitative estimate of drug-likeness (QED) is 0.904. The average Bonchev–Trinajstić information content (AvgIpc) is 3.09. The third kappa shape index (κ3) is 2.37. The molecule has 0 saturated carbocycles. The summed E-state index contributed by atoms with van der Waals surface area (Å²) in [7, 11) is 0. The van der Waals surface area contributed by atoms with Gasteiger partial charge in [-0.2, -0.15) is 0 Å². The molecule has 0 aromatic carbocycles. The van der Waals surface area contributed by atoms with Crippen molar-refractivity contribution in [1.82, 2.24) is 24.5 Å². The van der Waals surface area contributed by atoms with Crippen LogP contribution >= 0.6 is 11.5 Å². The van der Waals surface area contributed by atoms with E-state index in [1.807, 2.05) is 18.0 Å². The number of carbonyl (C=O) groups is 1. The lowest BCUT2D eigenvalue weighted by Gasteiger charge is -2.31. The summed E-state index contributed by atoms with van der Waals surface area (Å²) >= 11 is 1.17. The molecule has 1 N–H and O–H groups in total. The van der Waals surface area contributed by atoms with E-state index in [-0.39, 0.29) is 5.91 Å². The molecular weight excluding hydrogens is 262 g/mol. The first-order chi connectivity index (χ1) is 9.25. The van der Waals surface area contributed by atoms with Crippen molar-refractivity contribution in [1.29, 1.82) is 0 Å². The standard InChI is InChI=1S/C12H15N5OS/c1-8-10(19-16-15-8)12(18)17-6-2-3-9(7-17)11-13-4-5-14-11/h4-5,9H,2-3,6-7H2,1H3,(H,13,14)/t9-/m1/s1. The van der Waals surface area contributed by atoms with Crippen molar-refractivity contribution in [2.75, 3.05) is 13.1 Å². The van der Waals surface area contributed by atoms with Gasteiger partial charge in [0, 0.05) is 31.4 Å². The third-order valence-electron chi connectivity index (χ3n) is 3.46. The van der Waals surface area contributed by atoms with E-state index in [2.05, 4.69) is 19.6 Å². The topological polar surface area (TPSA) is 74.8 Å². The Morgan fingerprint density at radius 2 is 2.47 bits per heavy atom. The Labute approximate surface area is 115 Å². The largest absolute Gasteiger partial charge is 0.348 e. The highest BCUT2D eigenvalue weighted by Gasteiger charge is 2.28. The number of aromatic amines is 1. The molecule has 2 aromatic rings. The summed E-state index contributed by atoms with van der Waals surface area (Å²) in [4.78, 5) is 22.4. The second kappa shape index (κ2) is 5.08. The molecule has 3 rings (SSSR count). The zero-order valence-corrected chi connectivity index (χ0v) is 11.5. The summed E-state index contributed by atoms with van der Waals surface area (Å²) in [6.45, 7) is 3.34. The zero-order chi connectivity index (χ0) is 13.2. The Morgan fingerprint density at radius 3 is 3.16 bits per heavy atom. The fourth-order valence-electron chi connectivity index (χ4n) is 2.46. The number of nitrogens with one attached hydrogen (secondary N) is 1. The number of carbonyl (C=O) groups excluding carboxylic acids is 1. The normalized spacial score (nSPS) is 19.6. The molecule has 0 spiro atoms. The fraction of sp³-hybridized carbons (Fsp3) is 0.500. The van der Waals surface area contributed by atoms with Crippen molar-refractivity contribution in [3.63, 3.8) is 0 Å². The van der Waals surface area contributed by atoms with E-state index in [9.17, 15) is 4.79 Å². The Hall–Kier alpha value is -1.76. The van der Waals surface area contributed by atoms with E-state index in [4.69, 9.17) is 0 Å². The first-order valence-corrected chi connectivity index (χ1v) is 7.10. The van der Waals surface area contributed by atoms with Crippen LogP contribution in [-0.4, -0.2) is 43.5 Å². The molecule has 100 valence electrons. The highest BCUT2D eigenvalue weighted by Crippen LogP contribution is 2.26. The van der Waals surface area contributed by atoms with Gasteiger partial charge in [-0.3, -0.25) is 4.79 Å². The van der Waals surface area contributed by atoms with E-state index in [0.29, 0.717) is 17.3 Å². The van der Waals surface area contributed by atoms with Crippen LogP contribution in [0.2, 0.25) is 0 Å². The predicted molar refractivity (Wildman–Crippen MR) is 71.1 cm³/mol. The Balaban J connectivity index is 1.75. The summed E-state index contributed by atoms with van der Waals surface area (Å²) < 4.78 is 3.83. The molecule has 0 radical (unpaired) electrons.